The second-order valence-electron chi connectivity index (χ2n) is 8.85. The molecule has 178 valence electrons. The first kappa shape index (κ1) is 23.8. The van der Waals surface area contributed by atoms with E-state index in [1.54, 1.807) is 45.0 Å². The number of hydrogen-bond acceptors (Lipinski definition) is 8. The van der Waals surface area contributed by atoms with Crippen LogP contribution in [0.15, 0.2) is 61.3 Å². The van der Waals surface area contributed by atoms with Gasteiger partial charge in [0.2, 0.25) is 0 Å². The van der Waals surface area contributed by atoms with E-state index < -0.39 is 17.7 Å². The largest absolute Gasteiger partial charge is 0.514 e. The average molecular weight is 472 g/mol. The molecule has 0 spiro atoms. The standard InChI is InChI=1S/C27H24N2O6/c1-5-22(30)33-13-12-16-10-11-17-18(14-16)24(31)23(25(17)34-26(32)35-27(2,3)4)21-15-28-19-8-6-7-9-20(19)29-21/h5-11,14-15H,1,12-13H2,2-4H3. The Kier molecular flexibility index (Phi) is 6.46. The van der Waals surface area contributed by atoms with E-state index >= 15 is 0 Å². The number of esters is 1. The third-order valence-electron chi connectivity index (χ3n) is 5.11. The Morgan fingerprint density at radius 3 is 2.51 bits per heavy atom. The van der Waals surface area contributed by atoms with Crippen molar-refractivity contribution in [2.45, 2.75) is 32.8 Å². The molecule has 1 aliphatic rings. The second-order valence-corrected chi connectivity index (χ2v) is 8.85. The van der Waals surface area contributed by atoms with Gasteiger partial charge in [-0.1, -0.05) is 30.8 Å². The molecule has 0 saturated heterocycles. The first-order chi connectivity index (χ1) is 16.7. The van der Waals surface area contributed by atoms with E-state index in [0.717, 1.165) is 11.6 Å². The van der Waals surface area contributed by atoms with Gasteiger partial charge >= 0.3 is 12.1 Å². The van der Waals surface area contributed by atoms with E-state index in [0.29, 0.717) is 28.6 Å². The van der Waals surface area contributed by atoms with Gasteiger partial charge in [-0.3, -0.25) is 9.78 Å². The van der Waals surface area contributed by atoms with Crippen LogP contribution in [0.4, 0.5) is 4.79 Å². The van der Waals surface area contributed by atoms with Crippen LogP contribution >= 0.6 is 0 Å². The lowest BCUT2D eigenvalue weighted by Gasteiger charge is -2.19. The fraction of sp³-hybridized carbons (Fsp3) is 0.222. The lowest BCUT2D eigenvalue weighted by atomic mass is 10.0. The zero-order valence-electron chi connectivity index (χ0n) is 19.7. The highest BCUT2D eigenvalue weighted by atomic mass is 16.7. The summed E-state index contributed by atoms with van der Waals surface area (Å²) in [6.45, 7) is 8.66. The number of Topliss-reactive ketones (excluding diaryl/α,β-unsaturated/α-hetero) is 1. The summed E-state index contributed by atoms with van der Waals surface area (Å²) in [7, 11) is 0. The molecule has 35 heavy (non-hydrogen) atoms. The molecule has 3 aromatic rings. The Morgan fingerprint density at radius 1 is 1.06 bits per heavy atom. The predicted molar refractivity (Wildman–Crippen MR) is 129 cm³/mol. The summed E-state index contributed by atoms with van der Waals surface area (Å²) in [5, 5.41) is 0. The SMILES string of the molecule is C=CC(=O)OCCc1ccc2c(c1)C(=O)C(c1cnc3ccccc3n1)=C2OC(=O)OC(C)(C)C. The molecule has 4 rings (SSSR count). The average Bonchev–Trinajstić information content (AvgIpc) is 3.08. The molecule has 1 heterocycles. The van der Waals surface area contributed by atoms with Gasteiger partial charge in [-0.2, -0.15) is 0 Å². The molecule has 0 amide bonds. The minimum absolute atomic E-state index is 0.0634. The number of hydrogen-bond donors (Lipinski definition) is 0. The number of ketones is 1. The molecule has 0 fully saturated rings. The number of para-hydroxylation sites is 2. The number of rotatable bonds is 6. The Morgan fingerprint density at radius 2 is 1.80 bits per heavy atom. The summed E-state index contributed by atoms with van der Waals surface area (Å²) in [6, 6.07) is 12.4. The summed E-state index contributed by atoms with van der Waals surface area (Å²) >= 11 is 0. The van der Waals surface area contributed by atoms with Crippen molar-refractivity contribution in [3.8, 4) is 0 Å². The van der Waals surface area contributed by atoms with Gasteiger partial charge in [0.25, 0.3) is 0 Å². The number of benzene rings is 2. The molecule has 0 atom stereocenters. The van der Waals surface area contributed by atoms with Gasteiger partial charge in [-0.25, -0.2) is 14.6 Å². The molecule has 1 aromatic heterocycles. The maximum absolute atomic E-state index is 13.5. The number of carbonyl (C=O) groups is 3. The maximum atomic E-state index is 13.5. The van der Waals surface area contributed by atoms with E-state index in [-0.39, 0.29) is 29.4 Å². The van der Waals surface area contributed by atoms with Gasteiger partial charge in [-0.05, 0) is 44.5 Å². The second kappa shape index (κ2) is 9.50. The number of ether oxygens (including phenoxy) is 3. The smallest absolute Gasteiger partial charge is 0.462 e. The summed E-state index contributed by atoms with van der Waals surface area (Å²) < 4.78 is 15.9. The first-order valence-electron chi connectivity index (χ1n) is 11.0. The predicted octanol–water partition coefficient (Wildman–Crippen LogP) is 4.92. The van der Waals surface area contributed by atoms with Crippen LogP contribution in [-0.4, -0.2) is 40.1 Å². The summed E-state index contributed by atoms with van der Waals surface area (Å²) in [6.07, 6.45) is 2.04. The molecular formula is C27H24N2O6. The highest BCUT2D eigenvalue weighted by Crippen LogP contribution is 2.39. The van der Waals surface area contributed by atoms with Gasteiger partial charge < -0.3 is 14.2 Å². The summed E-state index contributed by atoms with van der Waals surface area (Å²) in [4.78, 5) is 46.4. The van der Waals surface area contributed by atoms with E-state index in [2.05, 4.69) is 16.5 Å². The minimum atomic E-state index is -0.931. The molecule has 8 heteroatoms. The van der Waals surface area contributed by atoms with Crippen LogP contribution in [0.1, 0.15) is 48.0 Å². The third-order valence-corrected chi connectivity index (χ3v) is 5.11. The lowest BCUT2D eigenvalue weighted by Crippen LogP contribution is -2.24. The van der Waals surface area contributed by atoms with Crippen LogP contribution < -0.4 is 0 Å². The van der Waals surface area contributed by atoms with Crippen LogP contribution in [0.3, 0.4) is 0 Å². The van der Waals surface area contributed by atoms with Crippen molar-refractivity contribution in [3.05, 3.63) is 83.7 Å². The van der Waals surface area contributed by atoms with Crippen LogP contribution in [0.5, 0.6) is 0 Å². The first-order valence-corrected chi connectivity index (χ1v) is 11.0. The monoisotopic (exact) mass is 472 g/mol. The van der Waals surface area contributed by atoms with E-state index in [4.69, 9.17) is 14.2 Å². The zero-order chi connectivity index (χ0) is 25.2. The number of nitrogens with zero attached hydrogens (tertiary/aromatic N) is 2. The van der Waals surface area contributed by atoms with Gasteiger partial charge in [0, 0.05) is 23.6 Å². The van der Waals surface area contributed by atoms with Crippen molar-refractivity contribution in [1.29, 1.82) is 0 Å². The highest BCUT2D eigenvalue weighted by Gasteiger charge is 2.35. The number of fused-ring (bicyclic) bond motifs is 2. The van der Waals surface area contributed by atoms with Crippen molar-refractivity contribution < 1.29 is 28.6 Å². The Balaban J connectivity index is 1.73. The van der Waals surface area contributed by atoms with E-state index in [9.17, 15) is 14.4 Å². The Labute approximate surface area is 202 Å². The number of aromatic nitrogens is 2. The Bertz CT molecular complexity index is 1380. The van der Waals surface area contributed by atoms with Gasteiger partial charge in [0.1, 0.15) is 5.60 Å². The van der Waals surface area contributed by atoms with Crippen LogP contribution in [0, 0.1) is 0 Å². The molecule has 0 unspecified atom stereocenters. The van der Waals surface area contributed by atoms with Gasteiger partial charge in [0.15, 0.2) is 11.5 Å². The highest BCUT2D eigenvalue weighted by molar-refractivity contribution is 6.39. The molecule has 0 aliphatic heterocycles. The maximum Gasteiger partial charge on any atom is 0.514 e. The molecule has 2 aromatic carbocycles. The molecule has 0 N–H and O–H groups in total. The van der Waals surface area contributed by atoms with Crippen LogP contribution in [0.2, 0.25) is 0 Å². The zero-order valence-corrected chi connectivity index (χ0v) is 19.7. The lowest BCUT2D eigenvalue weighted by molar-refractivity contribution is -0.137. The van der Waals surface area contributed by atoms with Gasteiger partial charge in [0.05, 0.1) is 35.1 Å². The quantitative estimate of drug-likeness (QED) is 0.368. The fourth-order valence-electron chi connectivity index (χ4n) is 3.60. The van der Waals surface area contributed by atoms with Crippen LogP contribution in [0.25, 0.3) is 22.4 Å². The van der Waals surface area contributed by atoms with E-state index in [1.165, 1.54) is 6.20 Å². The van der Waals surface area contributed by atoms with Gasteiger partial charge in [-0.15, -0.1) is 0 Å². The third kappa shape index (κ3) is 5.27. The van der Waals surface area contributed by atoms with Crippen molar-refractivity contribution in [2.24, 2.45) is 0 Å². The minimum Gasteiger partial charge on any atom is -0.462 e. The van der Waals surface area contributed by atoms with Crippen molar-refractivity contribution in [1.82, 2.24) is 9.97 Å². The van der Waals surface area contributed by atoms with Crippen molar-refractivity contribution in [3.63, 3.8) is 0 Å². The molecule has 0 bridgehead atoms. The number of allylic oxidation sites excluding steroid dienone is 1. The topological polar surface area (TPSA) is 105 Å². The Hall–Kier alpha value is -4.33. The molecule has 0 saturated carbocycles. The van der Waals surface area contributed by atoms with E-state index in [1.807, 2.05) is 18.2 Å². The number of carbonyl (C=O) groups excluding carboxylic acids is 3. The van der Waals surface area contributed by atoms with Crippen LogP contribution in [-0.2, 0) is 25.4 Å². The fourth-order valence-corrected chi connectivity index (χ4v) is 3.60. The van der Waals surface area contributed by atoms with Crippen molar-refractivity contribution in [2.75, 3.05) is 6.61 Å². The molecule has 8 nitrogen and oxygen atoms in total. The summed E-state index contributed by atoms with van der Waals surface area (Å²) in [5.41, 5.74) is 2.46. The normalized spacial score (nSPS) is 12.9. The molecular weight excluding hydrogens is 448 g/mol. The molecule has 0 radical (unpaired) electrons. The summed E-state index contributed by atoms with van der Waals surface area (Å²) in [5.74, 6) is -0.810. The van der Waals surface area contributed by atoms with Crippen molar-refractivity contribution >= 4 is 40.3 Å². The molecule has 1 aliphatic carbocycles.